The van der Waals surface area contributed by atoms with Crippen LogP contribution in [0.15, 0.2) is 97.1 Å². The lowest BCUT2D eigenvalue weighted by atomic mass is 9.72. The van der Waals surface area contributed by atoms with E-state index in [0.717, 1.165) is 72.7 Å². The number of rotatable bonds is 22. The Bertz CT molecular complexity index is 1750. The van der Waals surface area contributed by atoms with E-state index >= 15 is 0 Å². The highest BCUT2D eigenvalue weighted by atomic mass is 16.5. The van der Waals surface area contributed by atoms with Crippen molar-refractivity contribution in [2.45, 2.75) is 120 Å². The number of likely N-dealkylation sites (N-methyl/N-ethyl adjacent to an activating group) is 2. The summed E-state index contributed by atoms with van der Waals surface area (Å²) >= 11 is 0. The molecule has 344 valence electrons. The molecule has 0 aromatic heterocycles. The van der Waals surface area contributed by atoms with Crippen LogP contribution in [0.3, 0.4) is 0 Å². The molecule has 0 aliphatic carbocycles. The second kappa shape index (κ2) is 23.3. The Hall–Kier alpha value is -3.68. The molecule has 0 radical (unpaired) electrons. The number of ether oxygens (including phenoxy) is 4. The highest BCUT2D eigenvalue weighted by molar-refractivity contribution is 5.40. The molecular weight excluding hydrogens is 765 g/mol. The molecule has 4 rings (SSSR count). The summed E-state index contributed by atoms with van der Waals surface area (Å²) in [6, 6.07) is 34.5. The molecule has 0 saturated carbocycles. The molecule has 4 aromatic carbocycles. The quantitative estimate of drug-likeness (QED) is 0.0583. The van der Waals surface area contributed by atoms with E-state index in [9.17, 15) is 0 Å². The van der Waals surface area contributed by atoms with E-state index in [1.54, 1.807) is 0 Å². The molecule has 4 aromatic rings. The number of nitrogens with zero attached hydrogens (tertiary/aromatic N) is 2. The lowest BCUT2D eigenvalue weighted by molar-refractivity contribution is -0.904. The minimum Gasteiger partial charge on any atom is -0.491 e. The van der Waals surface area contributed by atoms with Crippen molar-refractivity contribution in [3.8, 4) is 11.5 Å². The maximum Gasteiger partial charge on any atom is 0.122 e. The van der Waals surface area contributed by atoms with Crippen molar-refractivity contribution in [2.24, 2.45) is 10.8 Å². The van der Waals surface area contributed by atoms with Crippen molar-refractivity contribution in [1.29, 1.82) is 0 Å². The maximum atomic E-state index is 6.00. The third kappa shape index (κ3) is 20.2. The van der Waals surface area contributed by atoms with Crippen molar-refractivity contribution in [3.63, 3.8) is 0 Å². The number of hydrogen-bond donors (Lipinski definition) is 0. The lowest BCUT2D eigenvalue weighted by Gasteiger charge is -2.33. The Balaban J connectivity index is 0.000000330. The van der Waals surface area contributed by atoms with Crippen LogP contribution in [0.1, 0.15) is 115 Å². The zero-order chi connectivity index (χ0) is 46.2. The third-order valence-corrected chi connectivity index (χ3v) is 11.4. The smallest absolute Gasteiger partial charge is 0.122 e. The molecule has 0 fully saturated rings. The molecule has 62 heavy (non-hydrogen) atoms. The molecule has 0 bridgehead atoms. The molecule has 0 saturated heterocycles. The van der Waals surface area contributed by atoms with Gasteiger partial charge in [-0.25, -0.2) is 0 Å². The van der Waals surface area contributed by atoms with Gasteiger partial charge in [-0.2, -0.15) is 0 Å². The van der Waals surface area contributed by atoms with E-state index < -0.39 is 0 Å². The zero-order valence-corrected chi connectivity index (χ0v) is 42.3. The van der Waals surface area contributed by atoms with Crippen molar-refractivity contribution < 1.29 is 27.9 Å². The lowest BCUT2D eigenvalue weighted by Crippen LogP contribution is -2.41. The first-order valence-corrected chi connectivity index (χ1v) is 23.1. The summed E-state index contributed by atoms with van der Waals surface area (Å²) < 4.78 is 25.6. The summed E-state index contributed by atoms with van der Waals surface area (Å²) in [5.74, 6) is 1.91. The largest absolute Gasteiger partial charge is 0.491 e. The van der Waals surface area contributed by atoms with Gasteiger partial charge in [-0.05, 0) is 82.7 Å². The highest BCUT2D eigenvalue weighted by Gasteiger charge is 2.29. The van der Waals surface area contributed by atoms with E-state index in [-0.39, 0.29) is 10.8 Å². The normalized spacial score (nSPS) is 12.8. The van der Waals surface area contributed by atoms with Crippen LogP contribution in [-0.2, 0) is 33.4 Å². The second-order valence-electron chi connectivity index (χ2n) is 22.7. The fourth-order valence-electron chi connectivity index (χ4n) is 8.88. The van der Waals surface area contributed by atoms with Crippen LogP contribution < -0.4 is 9.47 Å². The standard InChI is InChI=1S/2C28H44NO2/c2*1-23-20-25(28(5,6)22-27(2,3)4)14-15-26(23)31-19-18-30-17-16-29(7,8)21-24-12-10-9-11-13-24/h2*9-15,20H,16-19,21-22H2,1-8H3/q2*+1. The van der Waals surface area contributed by atoms with E-state index in [0.29, 0.717) is 37.3 Å². The molecule has 0 amide bonds. The summed E-state index contributed by atoms with van der Waals surface area (Å²) in [5.41, 5.74) is 8.77. The van der Waals surface area contributed by atoms with Crippen LogP contribution in [0.2, 0.25) is 0 Å². The Labute approximate surface area is 380 Å². The van der Waals surface area contributed by atoms with Crippen LogP contribution in [-0.4, -0.2) is 89.9 Å². The summed E-state index contributed by atoms with van der Waals surface area (Å²) in [5, 5.41) is 0. The molecule has 6 nitrogen and oxygen atoms in total. The first kappa shape index (κ1) is 52.7. The summed E-state index contributed by atoms with van der Waals surface area (Å²) in [6.45, 7) is 35.3. The molecule has 0 aliphatic rings. The van der Waals surface area contributed by atoms with Crippen molar-refractivity contribution in [3.05, 3.63) is 130 Å². The number of benzene rings is 4. The average Bonchev–Trinajstić information content (AvgIpc) is 3.14. The predicted molar refractivity (Wildman–Crippen MR) is 263 cm³/mol. The monoisotopic (exact) mass is 853 g/mol. The second-order valence-corrected chi connectivity index (χ2v) is 22.7. The summed E-state index contributed by atoms with van der Waals surface area (Å²) in [7, 11) is 9.00. The van der Waals surface area contributed by atoms with Crippen molar-refractivity contribution in [1.82, 2.24) is 0 Å². The summed E-state index contributed by atoms with van der Waals surface area (Å²) in [4.78, 5) is 0. The van der Waals surface area contributed by atoms with Crippen LogP contribution in [0, 0.1) is 24.7 Å². The molecule has 0 unspecified atom stereocenters. The van der Waals surface area contributed by atoms with Crippen LogP contribution in [0.25, 0.3) is 0 Å². The average molecular weight is 853 g/mol. The van der Waals surface area contributed by atoms with Crippen LogP contribution in [0.4, 0.5) is 0 Å². The number of aryl methyl sites for hydroxylation is 2. The van der Waals surface area contributed by atoms with Gasteiger partial charge in [-0.15, -0.1) is 0 Å². The predicted octanol–water partition coefficient (Wildman–Crippen LogP) is 12.8. The Morgan fingerprint density at radius 1 is 0.419 bits per heavy atom. The van der Waals surface area contributed by atoms with Gasteiger partial charge in [-0.3, -0.25) is 0 Å². The third-order valence-electron chi connectivity index (χ3n) is 11.4. The minimum absolute atomic E-state index is 0.148. The fraction of sp³-hybridized carbons (Fsp3) is 0.571. The van der Waals surface area contributed by atoms with Gasteiger partial charge >= 0.3 is 0 Å². The first-order valence-electron chi connectivity index (χ1n) is 23.1. The van der Waals surface area contributed by atoms with Crippen molar-refractivity contribution in [2.75, 3.05) is 80.9 Å². The maximum absolute atomic E-state index is 6.00. The van der Waals surface area contributed by atoms with Crippen LogP contribution >= 0.6 is 0 Å². The van der Waals surface area contributed by atoms with Crippen molar-refractivity contribution >= 4 is 0 Å². The molecule has 0 spiro atoms. The summed E-state index contributed by atoms with van der Waals surface area (Å²) in [6.07, 6.45) is 2.29. The molecule has 0 N–H and O–H groups in total. The molecule has 0 heterocycles. The molecule has 0 atom stereocenters. The van der Waals surface area contributed by atoms with Gasteiger partial charge in [0.25, 0.3) is 0 Å². The van der Waals surface area contributed by atoms with Gasteiger partial charge in [-0.1, -0.05) is 154 Å². The van der Waals surface area contributed by atoms with E-state index in [2.05, 4.69) is 208 Å². The Morgan fingerprint density at radius 3 is 1.06 bits per heavy atom. The zero-order valence-electron chi connectivity index (χ0n) is 42.3. The first-order chi connectivity index (χ1) is 28.8. The highest BCUT2D eigenvalue weighted by Crippen LogP contribution is 2.39. The minimum atomic E-state index is 0.148. The van der Waals surface area contributed by atoms with Gasteiger partial charge < -0.3 is 27.9 Å². The van der Waals surface area contributed by atoms with E-state index in [1.807, 2.05) is 0 Å². The van der Waals surface area contributed by atoms with Gasteiger partial charge in [0.2, 0.25) is 0 Å². The SMILES string of the molecule is Cc1cc(C(C)(C)CC(C)(C)C)ccc1OCCOCC[N+](C)(C)Cc1ccccc1.Cc1cc(C(C)(C)CC(C)(C)C)ccc1OCCOCC[N+](C)(C)Cc1ccccc1. The number of quaternary nitrogens is 2. The van der Waals surface area contributed by atoms with Gasteiger partial charge in [0.1, 0.15) is 50.9 Å². The Kier molecular flexibility index (Phi) is 19.8. The van der Waals surface area contributed by atoms with Crippen LogP contribution in [0.5, 0.6) is 11.5 Å². The molecule has 0 aliphatic heterocycles. The topological polar surface area (TPSA) is 36.9 Å². The molecular formula is C56H88N2O4+2. The van der Waals surface area contributed by atoms with Gasteiger partial charge in [0, 0.05) is 11.1 Å². The van der Waals surface area contributed by atoms with E-state index in [4.69, 9.17) is 18.9 Å². The molecule has 6 heteroatoms. The Morgan fingerprint density at radius 2 is 0.758 bits per heavy atom. The fourth-order valence-corrected chi connectivity index (χ4v) is 8.88. The van der Waals surface area contributed by atoms with E-state index in [1.165, 1.54) is 33.4 Å². The van der Waals surface area contributed by atoms with Gasteiger partial charge in [0.05, 0.1) is 54.6 Å². The van der Waals surface area contributed by atoms with Gasteiger partial charge in [0.15, 0.2) is 0 Å². The number of hydrogen-bond acceptors (Lipinski definition) is 4.